The van der Waals surface area contributed by atoms with Crippen LogP contribution in [0.4, 0.5) is 0 Å². The molecule has 124 valence electrons. The summed E-state index contributed by atoms with van der Waals surface area (Å²) in [5, 5.41) is 0.448. The molecule has 3 aromatic rings. The molecule has 6 heteroatoms. The van der Waals surface area contributed by atoms with Crippen LogP contribution in [0.15, 0.2) is 35.3 Å². The van der Waals surface area contributed by atoms with Crippen molar-refractivity contribution in [1.82, 2.24) is 14.5 Å². The molecule has 0 aliphatic heterocycles. The van der Waals surface area contributed by atoms with E-state index in [-0.39, 0.29) is 11.7 Å². The SMILES string of the molecule is CCC(CC)n1c(=O)[nH]c2ncc(Cl)c(-c3cccc(C=O)c3)c21. The van der Waals surface area contributed by atoms with Crippen molar-refractivity contribution in [2.75, 3.05) is 0 Å². The first-order valence-electron chi connectivity index (χ1n) is 7.95. The Hall–Kier alpha value is -2.40. The molecular formula is C18H18ClN3O2. The smallest absolute Gasteiger partial charge is 0.298 e. The third kappa shape index (κ3) is 2.65. The number of fused-ring (bicyclic) bond motifs is 1. The second kappa shape index (κ2) is 6.61. The van der Waals surface area contributed by atoms with Crippen molar-refractivity contribution in [3.05, 3.63) is 51.5 Å². The number of rotatable bonds is 5. The molecule has 2 aromatic heterocycles. The van der Waals surface area contributed by atoms with Gasteiger partial charge in [-0.2, -0.15) is 0 Å². The van der Waals surface area contributed by atoms with E-state index in [9.17, 15) is 9.59 Å². The van der Waals surface area contributed by atoms with Gasteiger partial charge in [0, 0.05) is 23.4 Å². The molecule has 24 heavy (non-hydrogen) atoms. The van der Waals surface area contributed by atoms with Gasteiger partial charge in [0.2, 0.25) is 0 Å². The molecule has 0 aliphatic carbocycles. The number of nitrogens with zero attached hydrogens (tertiary/aromatic N) is 2. The predicted molar refractivity (Wildman–Crippen MR) is 95.8 cm³/mol. The van der Waals surface area contributed by atoms with Gasteiger partial charge in [0.25, 0.3) is 0 Å². The fourth-order valence-electron chi connectivity index (χ4n) is 3.11. The lowest BCUT2D eigenvalue weighted by Gasteiger charge is -2.17. The van der Waals surface area contributed by atoms with Crippen LogP contribution in [0.1, 0.15) is 43.1 Å². The summed E-state index contributed by atoms with van der Waals surface area (Å²) in [5.74, 6) is 0. The summed E-state index contributed by atoms with van der Waals surface area (Å²) in [6.07, 6.45) is 3.97. The summed E-state index contributed by atoms with van der Waals surface area (Å²) in [7, 11) is 0. The highest BCUT2D eigenvalue weighted by atomic mass is 35.5. The Morgan fingerprint density at radius 3 is 2.75 bits per heavy atom. The molecule has 0 saturated carbocycles. The van der Waals surface area contributed by atoms with E-state index in [0.29, 0.717) is 21.7 Å². The fraction of sp³-hybridized carbons (Fsp3) is 0.278. The second-order valence-electron chi connectivity index (χ2n) is 5.69. The Morgan fingerprint density at radius 1 is 1.33 bits per heavy atom. The zero-order valence-corrected chi connectivity index (χ0v) is 14.3. The van der Waals surface area contributed by atoms with E-state index in [0.717, 1.165) is 30.3 Å². The molecule has 1 aromatic carbocycles. The van der Waals surface area contributed by atoms with E-state index in [2.05, 4.69) is 9.97 Å². The number of carbonyl (C=O) groups is 1. The number of aromatic amines is 1. The largest absolute Gasteiger partial charge is 0.327 e. The van der Waals surface area contributed by atoms with Gasteiger partial charge in [-0.25, -0.2) is 9.78 Å². The topological polar surface area (TPSA) is 67.8 Å². The number of aromatic nitrogens is 3. The summed E-state index contributed by atoms with van der Waals surface area (Å²) in [4.78, 5) is 30.7. The Kier molecular flexibility index (Phi) is 4.53. The average molecular weight is 344 g/mol. The Morgan fingerprint density at radius 2 is 2.08 bits per heavy atom. The van der Waals surface area contributed by atoms with Gasteiger partial charge in [0.15, 0.2) is 5.65 Å². The minimum atomic E-state index is -0.193. The minimum Gasteiger partial charge on any atom is -0.298 e. The summed E-state index contributed by atoms with van der Waals surface area (Å²) in [6, 6.07) is 7.23. The van der Waals surface area contributed by atoms with E-state index in [1.165, 1.54) is 6.20 Å². The maximum absolute atomic E-state index is 12.5. The maximum Gasteiger partial charge on any atom is 0.327 e. The van der Waals surface area contributed by atoms with Crippen molar-refractivity contribution >= 4 is 29.1 Å². The lowest BCUT2D eigenvalue weighted by atomic mass is 10.0. The summed E-state index contributed by atoms with van der Waals surface area (Å²) in [5.41, 5.74) is 3.06. The van der Waals surface area contributed by atoms with E-state index in [4.69, 9.17) is 11.6 Å². The molecule has 3 rings (SSSR count). The van der Waals surface area contributed by atoms with Crippen molar-refractivity contribution in [2.24, 2.45) is 0 Å². The fourth-order valence-corrected chi connectivity index (χ4v) is 3.36. The van der Waals surface area contributed by atoms with Gasteiger partial charge in [-0.15, -0.1) is 0 Å². The average Bonchev–Trinajstić information content (AvgIpc) is 2.92. The first-order valence-corrected chi connectivity index (χ1v) is 8.32. The van der Waals surface area contributed by atoms with Crippen LogP contribution in [0.25, 0.3) is 22.3 Å². The van der Waals surface area contributed by atoms with Crippen molar-refractivity contribution in [2.45, 2.75) is 32.7 Å². The Bertz CT molecular complexity index is 955. The summed E-state index contributed by atoms with van der Waals surface area (Å²) in [6.45, 7) is 4.09. The highest BCUT2D eigenvalue weighted by Gasteiger charge is 2.20. The number of aldehydes is 1. The molecule has 0 saturated heterocycles. The zero-order chi connectivity index (χ0) is 17.3. The second-order valence-corrected chi connectivity index (χ2v) is 6.10. The molecule has 5 nitrogen and oxygen atoms in total. The molecular weight excluding hydrogens is 326 g/mol. The van der Waals surface area contributed by atoms with Crippen LogP contribution < -0.4 is 5.69 Å². The molecule has 0 amide bonds. The predicted octanol–water partition coefficient (Wildman–Crippen LogP) is 4.22. The molecule has 2 heterocycles. The molecule has 0 fully saturated rings. The first-order chi connectivity index (χ1) is 11.6. The van der Waals surface area contributed by atoms with Crippen LogP contribution in [-0.2, 0) is 0 Å². The third-order valence-electron chi connectivity index (χ3n) is 4.31. The lowest BCUT2D eigenvalue weighted by molar-refractivity contribution is 0.112. The number of carbonyl (C=O) groups excluding carboxylic acids is 1. The zero-order valence-electron chi connectivity index (χ0n) is 13.5. The van der Waals surface area contributed by atoms with Crippen LogP contribution in [0.2, 0.25) is 5.02 Å². The van der Waals surface area contributed by atoms with E-state index >= 15 is 0 Å². The van der Waals surface area contributed by atoms with Gasteiger partial charge < -0.3 is 0 Å². The van der Waals surface area contributed by atoms with Crippen molar-refractivity contribution < 1.29 is 4.79 Å². The molecule has 0 atom stereocenters. The molecule has 0 radical (unpaired) electrons. The highest BCUT2D eigenvalue weighted by molar-refractivity contribution is 6.34. The van der Waals surface area contributed by atoms with E-state index in [1.807, 2.05) is 19.9 Å². The van der Waals surface area contributed by atoms with Crippen LogP contribution in [0, 0.1) is 0 Å². The van der Waals surface area contributed by atoms with Crippen molar-refractivity contribution in [3.63, 3.8) is 0 Å². The minimum absolute atomic E-state index is 0.0551. The standard InChI is InChI=1S/C18H18ClN3O2/c1-3-13(4-2)22-16-15(12-7-5-6-11(8-12)10-23)14(19)9-20-17(16)21-18(22)24/h5-10,13H,3-4H2,1-2H3,(H,20,21,24). The van der Waals surface area contributed by atoms with Gasteiger partial charge in [0.05, 0.1) is 10.5 Å². The number of nitrogens with one attached hydrogen (secondary N) is 1. The third-order valence-corrected chi connectivity index (χ3v) is 4.60. The van der Waals surface area contributed by atoms with Crippen molar-refractivity contribution in [3.8, 4) is 11.1 Å². The summed E-state index contributed by atoms with van der Waals surface area (Å²) < 4.78 is 1.73. The normalized spacial score (nSPS) is 11.3. The number of halogens is 1. The van der Waals surface area contributed by atoms with Crippen LogP contribution in [0.3, 0.4) is 0 Å². The summed E-state index contributed by atoms with van der Waals surface area (Å²) >= 11 is 6.43. The Balaban J connectivity index is 2.40. The number of benzene rings is 1. The number of pyridine rings is 1. The van der Waals surface area contributed by atoms with Crippen LogP contribution >= 0.6 is 11.6 Å². The quantitative estimate of drug-likeness (QED) is 0.705. The van der Waals surface area contributed by atoms with Gasteiger partial charge in [-0.1, -0.05) is 43.6 Å². The van der Waals surface area contributed by atoms with Gasteiger partial charge in [-0.3, -0.25) is 14.3 Å². The van der Waals surface area contributed by atoms with Crippen molar-refractivity contribution in [1.29, 1.82) is 0 Å². The number of H-pyrrole nitrogens is 1. The molecule has 0 spiro atoms. The first kappa shape index (κ1) is 16.5. The molecule has 1 N–H and O–H groups in total. The van der Waals surface area contributed by atoms with Crippen LogP contribution in [0.5, 0.6) is 0 Å². The number of imidazole rings is 1. The number of hydrogen-bond donors (Lipinski definition) is 1. The van der Waals surface area contributed by atoms with E-state index in [1.54, 1.807) is 22.8 Å². The van der Waals surface area contributed by atoms with Gasteiger partial charge >= 0.3 is 5.69 Å². The monoisotopic (exact) mass is 343 g/mol. The molecule has 0 bridgehead atoms. The maximum atomic E-state index is 12.5. The van der Waals surface area contributed by atoms with E-state index < -0.39 is 0 Å². The highest BCUT2D eigenvalue weighted by Crippen LogP contribution is 2.35. The number of hydrogen-bond acceptors (Lipinski definition) is 3. The van der Waals surface area contributed by atoms with Gasteiger partial charge in [0.1, 0.15) is 6.29 Å². The lowest BCUT2D eigenvalue weighted by Crippen LogP contribution is -2.21. The van der Waals surface area contributed by atoms with Gasteiger partial charge in [-0.05, 0) is 24.5 Å². The van der Waals surface area contributed by atoms with Crippen LogP contribution in [-0.4, -0.2) is 20.8 Å². The Labute approximate surface area is 144 Å². The molecule has 0 unspecified atom stereocenters. The molecule has 0 aliphatic rings.